The number of nitrogens with zero attached hydrogens (tertiary/aromatic N) is 1. The first kappa shape index (κ1) is 7.87. The Kier molecular flexibility index (Phi) is 2.17. The topological polar surface area (TPSA) is 16.4 Å². The molecule has 1 aromatic rings. The van der Waals surface area contributed by atoms with Crippen LogP contribution in [0.2, 0.25) is 0 Å². The Morgan fingerprint density at radius 3 is 3.08 bits per heavy atom. The Morgan fingerprint density at radius 2 is 2.42 bits per heavy atom. The third kappa shape index (κ3) is 1.39. The van der Waals surface area contributed by atoms with Gasteiger partial charge in [0.15, 0.2) is 0 Å². The van der Waals surface area contributed by atoms with Crippen LogP contribution >= 0.6 is 0 Å². The summed E-state index contributed by atoms with van der Waals surface area (Å²) in [4.78, 5) is 2.38. The van der Waals surface area contributed by atoms with Gasteiger partial charge in [0.1, 0.15) is 5.76 Å². The van der Waals surface area contributed by atoms with Crippen LogP contribution in [0.3, 0.4) is 0 Å². The molecule has 1 saturated heterocycles. The fourth-order valence-corrected chi connectivity index (χ4v) is 1.92. The molecule has 2 heteroatoms. The minimum atomic E-state index is 0.522. The molecule has 0 amide bonds. The average molecular weight is 165 g/mol. The fourth-order valence-electron chi connectivity index (χ4n) is 1.92. The van der Waals surface area contributed by atoms with E-state index in [4.69, 9.17) is 4.42 Å². The van der Waals surface area contributed by atoms with E-state index in [1.165, 1.54) is 25.8 Å². The number of furan rings is 1. The van der Waals surface area contributed by atoms with E-state index in [0.29, 0.717) is 6.04 Å². The van der Waals surface area contributed by atoms with Crippen LogP contribution in [-0.4, -0.2) is 18.5 Å². The molecule has 1 fully saturated rings. The molecule has 0 bridgehead atoms. The summed E-state index contributed by atoms with van der Waals surface area (Å²) in [5.41, 5.74) is 0. The second-order valence-electron chi connectivity index (χ2n) is 3.51. The quantitative estimate of drug-likeness (QED) is 0.635. The van der Waals surface area contributed by atoms with E-state index < -0.39 is 0 Å². The predicted molar refractivity (Wildman–Crippen MR) is 47.9 cm³/mol. The molecule has 2 nitrogen and oxygen atoms in total. The van der Waals surface area contributed by atoms with Crippen LogP contribution in [-0.2, 0) is 0 Å². The van der Waals surface area contributed by atoms with Gasteiger partial charge in [0.05, 0.1) is 12.3 Å². The van der Waals surface area contributed by atoms with E-state index in [1.807, 2.05) is 6.07 Å². The molecule has 1 aliphatic rings. The molecule has 1 atom stereocenters. The average Bonchev–Trinajstić information content (AvgIpc) is 2.57. The maximum absolute atomic E-state index is 5.40. The number of hydrogen-bond donors (Lipinski definition) is 0. The fraction of sp³-hybridized carbons (Fsp3) is 0.600. The molecule has 0 unspecified atom stereocenters. The Balaban J connectivity index is 2.11. The molecule has 2 heterocycles. The summed E-state index contributed by atoms with van der Waals surface area (Å²) in [6.07, 6.45) is 5.66. The summed E-state index contributed by atoms with van der Waals surface area (Å²) in [5, 5.41) is 0. The van der Waals surface area contributed by atoms with Gasteiger partial charge in [0.25, 0.3) is 0 Å². The van der Waals surface area contributed by atoms with Crippen molar-refractivity contribution in [1.82, 2.24) is 4.90 Å². The maximum Gasteiger partial charge on any atom is 0.120 e. The Labute approximate surface area is 73.2 Å². The minimum absolute atomic E-state index is 0.522. The molecular weight excluding hydrogens is 150 g/mol. The van der Waals surface area contributed by atoms with Gasteiger partial charge in [-0.05, 0) is 38.6 Å². The van der Waals surface area contributed by atoms with Gasteiger partial charge in [-0.1, -0.05) is 6.42 Å². The smallest absolute Gasteiger partial charge is 0.120 e. The van der Waals surface area contributed by atoms with E-state index in [-0.39, 0.29) is 0 Å². The van der Waals surface area contributed by atoms with Crippen molar-refractivity contribution in [2.24, 2.45) is 0 Å². The van der Waals surface area contributed by atoms with Crippen molar-refractivity contribution in [2.45, 2.75) is 25.3 Å². The summed E-state index contributed by atoms with van der Waals surface area (Å²) >= 11 is 0. The van der Waals surface area contributed by atoms with Crippen LogP contribution in [0, 0.1) is 0 Å². The second kappa shape index (κ2) is 3.31. The number of rotatable bonds is 1. The molecule has 1 aromatic heterocycles. The Bertz CT molecular complexity index is 230. The summed E-state index contributed by atoms with van der Waals surface area (Å²) in [6.45, 7) is 1.20. The normalized spacial score (nSPS) is 25.9. The van der Waals surface area contributed by atoms with E-state index in [0.717, 1.165) is 5.76 Å². The van der Waals surface area contributed by atoms with Gasteiger partial charge in [0, 0.05) is 0 Å². The van der Waals surface area contributed by atoms with Gasteiger partial charge in [-0.3, -0.25) is 4.90 Å². The van der Waals surface area contributed by atoms with Crippen molar-refractivity contribution in [2.75, 3.05) is 13.6 Å². The van der Waals surface area contributed by atoms with Crippen LogP contribution in [0.5, 0.6) is 0 Å². The van der Waals surface area contributed by atoms with E-state index in [1.54, 1.807) is 6.26 Å². The summed E-state index contributed by atoms with van der Waals surface area (Å²) in [7, 11) is 2.17. The zero-order valence-corrected chi connectivity index (χ0v) is 7.49. The molecule has 0 N–H and O–H groups in total. The van der Waals surface area contributed by atoms with E-state index in [9.17, 15) is 0 Å². The lowest BCUT2D eigenvalue weighted by Crippen LogP contribution is -2.29. The molecule has 2 rings (SSSR count). The van der Waals surface area contributed by atoms with E-state index in [2.05, 4.69) is 18.0 Å². The predicted octanol–water partition coefficient (Wildman–Crippen LogP) is 2.44. The van der Waals surface area contributed by atoms with Gasteiger partial charge in [-0.25, -0.2) is 0 Å². The van der Waals surface area contributed by atoms with Crippen molar-refractivity contribution in [3.63, 3.8) is 0 Å². The van der Waals surface area contributed by atoms with Crippen LogP contribution in [0.15, 0.2) is 22.8 Å². The minimum Gasteiger partial charge on any atom is -0.468 e. The Morgan fingerprint density at radius 1 is 1.50 bits per heavy atom. The van der Waals surface area contributed by atoms with E-state index >= 15 is 0 Å². The van der Waals surface area contributed by atoms with Crippen LogP contribution in [0.4, 0.5) is 0 Å². The maximum atomic E-state index is 5.40. The second-order valence-corrected chi connectivity index (χ2v) is 3.51. The molecule has 12 heavy (non-hydrogen) atoms. The van der Waals surface area contributed by atoms with Crippen molar-refractivity contribution in [3.05, 3.63) is 24.2 Å². The lowest BCUT2D eigenvalue weighted by Gasteiger charge is -2.30. The van der Waals surface area contributed by atoms with Gasteiger partial charge >= 0.3 is 0 Å². The first-order valence-corrected chi connectivity index (χ1v) is 4.61. The number of likely N-dealkylation sites (tertiary alicyclic amines) is 1. The largest absolute Gasteiger partial charge is 0.468 e. The molecule has 0 saturated carbocycles. The molecule has 1 aliphatic heterocycles. The van der Waals surface area contributed by atoms with Crippen LogP contribution in [0.25, 0.3) is 0 Å². The first-order valence-electron chi connectivity index (χ1n) is 4.61. The highest BCUT2D eigenvalue weighted by Crippen LogP contribution is 2.29. The molecular formula is C10H15NO. The summed E-state index contributed by atoms with van der Waals surface area (Å²) in [6, 6.07) is 4.57. The van der Waals surface area contributed by atoms with Gasteiger partial charge < -0.3 is 4.42 Å². The lowest BCUT2D eigenvalue weighted by molar-refractivity contribution is 0.164. The van der Waals surface area contributed by atoms with Crippen molar-refractivity contribution in [3.8, 4) is 0 Å². The zero-order chi connectivity index (χ0) is 8.39. The third-order valence-electron chi connectivity index (χ3n) is 2.64. The van der Waals surface area contributed by atoms with Gasteiger partial charge in [0.2, 0.25) is 0 Å². The molecule has 0 spiro atoms. The highest BCUT2D eigenvalue weighted by atomic mass is 16.3. The van der Waals surface area contributed by atoms with Crippen molar-refractivity contribution in [1.29, 1.82) is 0 Å². The van der Waals surface area contributed by atoms with Crippen LogP contribution < -0.4 is 0 Å². The Hall–Kier alpha value is -0.760. The van der Waals surface area contributed by atoms with Gasteiger partial charge in [-0.15, -0.1) is 0 Å². The monoisotopic (exact) mass is 165 g/mol. The van der Waals surface area contributed by atoms with Crippen LogP contribution in [0.1, 0.15) is 31.1 Å². The first-order chi connectivity index (χ1) is 5.88. The summed E-state index contributed by atoms with van der Waals surface area (Å²) in [5.74, 6) is 1.12. The molecule has 0 radical (unpaired) electrons. The van der Waals surface area contributed by atoms with Gasteiger partial charge in [-0.2, -0.15) is 0 Å². The summed E-state index contributed by atoms with van der Waals surface area (Å²) < 4.78 is 5.40. The SMILES string of the molecule is CN1CCCC[C@@H]1c1ccco1. The standard InChI is InChI=1S/C10H15NO/c1-11-7-3-2-5-9(11)10-6-4-8-12-10/h4,6,8-9H,2-3,5,7H2,1H3/t9-/m1/s1. The lowest BCUT2D eigenvalue weighted by atomic mass is 10.0. The molecule has 0 aromatic carbocycles. The number of piperidine rings is 1. The highest BCUT2D eigenvalue weighted by molar-refractivity contribution is 5.05. The zero-order valence-electron chi connectivity index (χ0n) is 7.49. The van der Waals surface area contributed by atoms with Crippen molar-refractivity contribution >= 4 is 0 Å². The highest BCUT2D eigenvalue weighted by Gasteiger charge is 2.22. The molecule has 66 valence electrons. The molecule has 0 aliphatic carbocycles. The van der Waals surface area contributed by atoms with Crippen molar-refractivity contribution < 1.29 is 4.42 Å². The number of hydrogen-bond acceptors (Lipinski definition) is 2. The third-order valence-corrected chi connectivity index (χ3v) is 2.64.